The molecule has 1 aliphatic rings. The highest BCUT2D eigenvalue weighted by molar-refractivity contribution is 6.00. The van der Waals surface area contributed by atoms with Crippen molar-refractivity contribution in [2.75, 3.05) is 7.05 Å². The van der Waals surface area contributed by atoms with Crippen molar-refractivity contribution in [2.24, 2.45) is 0 Å². The zero-order valence-electron chi connectivity index (χ0n) is 13.1. The molecule has 1 amide bonds. The van der Waals surface area contributed by atoms with Crippen molar-refractivity contribution in [1.29, 1.82) is 0 Å². The van der Waals surface area contributed by atoms with Crippen molar-refractivity contribution in [1.82, 2.24) is 9.88 Å². The van der Waals surface area contributed by atoms with E-state index in [0.717, 1.165) is 16.6 Å². The van der Waals surface area contributed by atoms with E-state index >= 15 is 0 Å². The van der Waals surface area contributed by atoms with E-state index in [2.05, 4.69) is 4.98 Å². The van der Waals surface area contributed by atoms with Crippen LogP contribution in [0.4, 0.5) is 0 Å². The monoisotopic (exact) mass is 320 g/mol. The number of carbonyl (C=O) groups excluding carboxylic acids is 1. The van der Waals surface area contributed by atoms with Crippen LogP contribution in [-0.2, 0) is 4.79 Å². The first-order chi connectivity index (χ1) is 11.6. The van der Waals surface area contributed by atoms with Gasteiger partial charge < -0.3 is 15.0 Å². The van der Waals surface area contributed by atoms with Crippen molar-refractivity contribution in [2.45, 2.75) is 12.0 Å². The number of para-hydroxylation sites is 1. The maximum Gasteiger partial charge on any atom is 0.313 e. The molecule has 0 saturated carbocycles. The zero-order valence-corrected chi connectivity index (χ0v) is 13.1. The van der Waals surface area contributed by atoms with E-state index in [1.165, 1.54) is 4.90 Å². The van der Waals surface area contributed by atoms with Gasteiger partial charge in [-0.05, 0) is 29.1 Å². The Labute approximate surface area is 138 Å². The number of carboxylic acids is 1. The van der Waals surface area contributed by atoms with E-state index in [1.807, 2.05) is 30.3 Å². The van der Waals surface area contributed by atoms with Gasteiger partial charge >= 0.3 is 5.97 Å². The Bertz CT molecular complexity index is 927. The number of carboxylic acid groups (broad SMARTS) is 1. The van der Waals surface area contributed by atoms with Gasteiger partial charge in [0.2, 0.25) is 0 Å². The minimum Gasteiger partial charge on any atom is -0.481 e. The molecule has 0 spiro atoms. The summed E-state index contributed by atoms with van der Waals surface area (Å²) in [7, 11) is 1.66. The molecule has 24 heavy (non-hydrogen) atoms. The topological polar surface area (TPSA) is 73.4 Å². The first-order valence-corrected chi connectivity index (χ1v) is 7.74. The summed E-state index contributed by atoms with van der Waals surface area (Å²) < 4.78 is 0. The molecule has 2 N–H and O–H groups in total. The van der Waals surface area contributed by atoms with E-state index in [0.29, 0.717) is 11.1 Å². The number of carbonyl (C=O) groups is 2. The zero-order chi connectivity index (χ0) is 16.8. The van der Waals surface area contributed by atoms with Gasteiger partial charge in [0.25, 0.3) is 5.91 Å². The third-order valence-corrected chi connectivity index (χ3v) is 4.72. The predicted octanol–water partition coefficient (Wildman–Crippen LogP) is 3.16. The summed E-state index contributed by atoms with van der Waals surface area (Å²) in [5, 5.41) is 10.8. The number of likely N-dealkylation sites (N-methyl/N-ethyl adjacent to an activating group) is 1. The van der Waals surface area contributed by atoms with Gasteiger partial charge in [0.05, 0.1) is 6.04 Å². The molecule has 5 nitrogen and oxygen atoms in total. The molecular formula is C19H16N2O3. The quantitative estimate of drug-likeness (QED) is 0.762. The summed E-state index contributed by atoms with van der Waals surface area (Å²) in [5.74, 6) is -1.91. The lowest BCUT2D eigenvalue weighted by Crippen LogP contribution is -2.42. The highest BCUT2D eigenvalue weighted by Gasteiger charge is 2.43. The molecule has 3 aromatic rings. The second-order valence-electron chi connectivity index (χ2n) is 6.08. The number of H-pyrrole nitrogens is 1. The second-order valence-corrected chi connectivity index (χ2v) is 6.08. The molecular weight excluding hydrogens is 304 g/mol. The normalized spacial score (nSPS) is 20.2. The molecule has 0 unspecified atom stereocenters. The molecule has 2 heterocycles. The van der Waals surface area contributed by atoms with Crippen LogP contribution in [0.3, 0.4) is 0 Å². The fourth-order valence-electron chi connectivity index (χ4n) is 3.58. The summed E-state index contributed by atoms with van der Waals surface area (Å²) in [4.78, 5) is 29.5. The minimum absolute atomic E-state index is 0.160. The van der Waals surface area contributed by atoms with Gasteiger partial charge in [-0.2, -0.15) is 0 Å². The van der Waals surface area contributed by atoms with Crippen molar-refractivity contribution in [3.8, 4) is 0 Å². The lowest BCUT2D eigenvalue weighted by molar-refractivity contribution is -0.140. The smallest absolute Gasteiger partial charge is 0.313 e. The Morgan fingerprint density at radius 3 is 2.58 bits per heavy atom. The average molecular weight is 320 g/mol. The highest BCUT2D eigenvalue weighted by atomic mass is 16.4. The number of nitrogens with one attached hydrogen (secondary N) is 1. The Morgan fingerprint density at radius 1 is 1.12 bits per heavy atom. The molecule has 0 radical (unpaired) electrons. The number of fused-ring (bicyclic) bond motifs is 2. The van der Waals surface area contributed by atoms with Crippen molar-refractivity contribution < 1.29 is 14.7 Å². The number of rotatable bonds is 2. The summed E-state index contributed by atoms with van der Waals surface area (Å²) >= 11 is 0. The van der Waals surface area contributed by atoms with Gasteiger partial charge in [0.1, 0.15) is 5.92 Å². The predicted molar refractivity (Wildman–Crippen MR) is 90.0 cm³/mol. The number of hydrogen-bond donors (Lipinski definition) is 2. The van der Waals surface area contributed by atoms with Crippen molar-refractivity contribution in [3.63, 3.8) is 0 Å². The molecule has 0 aliphatic carbocycles. The van der Waals surface area contributed by atoms with E-state index < -0.39 is 17.9 Å². The Morgan fingerprint density at radius 2 is 1.83 bits per heavy atom. The summed E-state index contributed by atoms with van der Waals surface area (Å²) in [6, 6.07) is 16.0. The number of aromatic amines is 1. The lowest BCUT2D eigenvalue weighted by atomic mass is 9.82. The summed E-state index contributed by atoms with van der Waals surface area (Å²) in [6.45, 7) is 0. The van der Waals surface area contributed by atoms with E-state index in [4.69, 9.17) is 0 Å². The van der Waals surface area contributed by atoms with Crippen LogP contribution in [0.5, 0.6) is 0 Å². The standard InChI is InChI=1S/C19H16N2O3/c1-21-17(15-10-11-6-2-5-9-14(11)20-15)16(19(23)24)12-7-3-4-8-13(12)18(21)22/h2-10,16-17,20H,1H3,(H,23,24)/t16-,17+/m1/s1. The molecule has 0 saturated heterocycles. The van der Waals surface area contributed by atoms with Gasteiger partial charge in [-0.3, -0.25) is 9.59 Å². The van der Waals surface area contributed by atoms with E-state index in [9.17, 15) is 14.7 Å². The van der Waals surface area contributed by atoms with Crippen LogP contribution in [0.25, 0.3) is 10.9 Å². The molecule has 1 aliphatic heterocycles. The Kier molecular flexibility index (Phi) is 3.16. The maximum atomic E-state index is 12.7. The van der Waals surface area contributed by atoms with E-state index in [1.54, 1.807) is 31.3 Å². The van der Waals surface area contributed by atoms with Crippen LogP contribution < -0.4 is 0 Å². The molecule has 4 rings (SSSR count). The fourth-order valence-corrected chi connectivity index (χ4v) is 3.58. The van der Waals surface area contributed by atoms with Gasteiger partial charge in [-0.25, -0.2) is 0 Å². The van der Waals surface area contributed by atoms with Gasteiger partial charge in [-0.1, -0.05) is 36.4 Å². The van der Waals surface area contributed by atoms with Crippen molar-refractivity contribution >= 4 is 22.8 Å². The van der Waals surface area contributed by atoms with Crippen LogP contribution in [0, 0.1) is 0 Å². The molecule has 2 atom stereocenters. The fraction of sp³-hybridized carbons (Fsp3) is 0.158. The number of amides is 1. The van der Waals surface area contributed by atoms with Crippen LogP contribution in [0.1, 0.15) is 33.6 Å². The van der Waals surface area contributed by atoms with Crippen molar-refractivity contribution in [3.05, 3.63) is 71.4 Å². The average Bonchev–Trinajstić information content (AvgIpc) is 3.01. The summed E-state index contributed by atoms with van der Waals surface area (Å²) in [6.07, 6.45) is 0. The number of benzene rings is 2. The van der Waals surface area contributed by atoms with Gasteiger partial charge in [0.15, 0.2) is 0 Å². The number of nitrogens with zero attached hydrogens (tertiary/aromatic N) is 1. The Balaban J connectivity index is 1.92. The van der Waals surface area contributed by atoms with Crippen LogP contribution in [-0.4, -0.2) is 33.9 Å². The highest BCUT2D eigenvalue weighted by Crippen LogP contribution is 2.42. The number of hydrogen-bond acceptors (Lipinski definition) is 2. The summed E-state index contributed by atoms with van der Waals surface area (Å²) in [5.41, 5.74) is 2.68. The van der Waals surface area contributed by atoms with Crippen LogP contribution in [0.2, 0.25) is 0 Å². The molecule has 2 aromatic carbocycles. The first-order valence-electron chi connectivity index (χ1n) is 7.74. The maximum absolute atomic E-state index is 12.7. The van der Waals surface area contributed by atoms with E-state index in [-0.39, 0.29) is 5.91 Å². The minimum atomic E-state index is -0.939. The van der Waals surface area contributed by atoms with Crippen LogP contribution >= 0.6 is 0 Å². The molecule has 0 fully saturated rings. The van der Waals surface area contributed by atoms with Gasteiger partial charge in [-0.15, -0.1) is 0 Å². The third kappa shape index (κ3) is 2.01. The van der Waals surface area contributed by atoms with Gasteiger partial charge in [0, 0.05) is 23.8 Å². The molecule has 5 heteroatoms. The van der Waals surface area contributed by atoms with Crippen LogP contribution in [0.15, 0.2) is 54.6 Å². The number of aliphatic carboxylic acids is 1. The molecule has 0 bridgehead atoms. The Hall–Kier alpha value is -3.08. The largest absolute Gasteiger partial charge is 0.481 e. The lowest BCUT2D eigenvalue weighted by Gasteiger charge is -2.37. The molecule has 120 valence electrons. The first kappa shape index (κ1) is 14.5. The number of aromatic nitrogens is 1. The third-order valence-electron chi connectivity index (χ3n) is 4.72. The second kappa shape index (κ2) is 5.23. The molecule has 1 aromatic heterocycles. The SMILES string of the molecule is CN1C(=O)c2ccccc2[C@@H](C(=O)O)[C@@H]1c1cc2ccccc2[nH]1.